The van der Waals surface area contributed by atoms with E-state index in [1.807, 2.05) is 0 Å². The lowest BCUT2D eigenvalue weighted by molar-refractivity contribution is 0.272. The first-order valence-corrected chi connectivity index (χ1v) is 7.23. The lowest BCUT2D eigenvalue weighted by atomic mass is 10.4. The summed E-state index contributed by atoms with van der Waals surface area (Å²) in [6.07, 6.45) is 2.80. The Balaban J connectivity index is 2.25. The van der Waals surface area contributed by atoms with E-state index in [1.165, 1.54) is 25.6 Å². The summed E-state index contributed by atoms with van der Waals surface area (Å²) < 4.78 is 33.2. The number of sulfonamides is 1. The first-order chi connectivity index (χ1) is 9.46. The fourth-order valence-electron chi connectivity index (χ4n) is 1.66. The van der Waals surface area contributed by atoms with E-state index in [4.69, 9.17) is 9.84 Å². The first kappa shape index (κ1) is 14.4. The molecule has 2 aromatic rings. The van der Waals surface area contributed by atoms with Crippen LogP contribution in [0.25, 0.3) is 0 Å². The SMILES string of the molecule is COc1ccc(NS(=O)(=O)c2cc(CO)n(C)c2)cn1. The standard InChI is InChI=1S/C12H15N3O4S/c1-15-7-11(5-10(15)8-16)20(17,18)14-9-3-4-12(19-2)13-6-9/h3-7,14,16H,8H2,1-2H3. The van der Waals surface area contributed by atoms with Crippen LogP contribution in [-0.4, -0.2) is 30.2 Å². The van der Waals surface area contributed by atoms with Gasteiger partial charge in [0.2, 0.25) is 5.88 Å². The van der Waals surface area contributed by atoms with Crippen LogP contribution in [0.3, 0.4) is 0 Å². The predicted octanol–water partition coefficient (Wildman–Crippen LogP) is 0.722. The quantitative estimate of drug-likeness (QED) is 0.848. The molecular weight excluding hydrogens is 282 g/mol. The molecule has 0 bridgehead atoms. The van der Waals surface area contributed by atoms with Gasteiger partial charge in [-0.2, -0.15) is 0 Å². The van der Waals surface area contributed by atoms with E-state index in [0.717, 1.165) is 0 Å². The molecule has 0 aromatic carbocycles. The van der Waals surface area contributed by atoms with E-state index in [0.29, 0.717) is 17.3 Å². The summed E-state index contributed by atoms with van der Waals surface area (Å²) in [6.45, 7) is -0.226. The van der Waals surface area contributed by atoms with Crippen molar-refractivity contribution in [1.29, 1.82) is 0 Å². The number of anilines is 1. The highest BCUT2D eigenvalue weighted by Crippen LogP contribution is 2.19. The third kappa shape index (κ3) is 2.91. The minimum atomic E-state index is -3.71. The summed E-state index contributed by atoms with van der Waals surface area (Å²) in [7, 11) is -0.563. The molecule has 2 aromatic heterocycles. The number of nitrogens with zero attached hydrogens (tertiary/aromatic N) is 2. The van der Waals surface area contributed by atoms with Gasteiger partial charge in [-0.05, 0) is 12.1 Å². The van der Waals surface area contributed by atoms with Crippen molar-refractivity contribution in [2.24, 2.45) is 7.05 Å². The molecule has 0 aliphatic rings. The van der Waals surface area contributed by atoms with Crippen molar-refractivity contribution in [3.8, 4) is 5.88 Å². The summed E-state index contributed by atoms with van der Waals surface area (Å²) in [4.78, 5) is 4.00. The van der Waals surface area contributed by atoms with Crippen molar-refractivity contribution < 1.29 is 18.3 Å². The third-order valence-electron chi connectivity index (χ3n) is 2.75. The molecule has 2 rings (SSSR count). The average molecular weight is 297 g/mol. The van der Waals surface area contributed by atoms with Crippen molar-refractivity contribution in [3.05, 3.63) is 36.3 Å². The smallest absolute Gasteiger partial charge is 0.263 e. The summed E-state index contributed by atoms with van der Waals surface area (Å²) >= 11 is 0. The Morgan fingerprint density at radius 3 is 2.70 bits per heavy atom. The third-order valence-corrected chi connectivity index (χ3v) is 4.10. The second-order valence-electron chi connectivity index (χ2n) is 4.13. The van der Waals surface area contributed by atoms with E-state index >= 15 is 0 Å². The van der Waals surface area contributed by atoms with Gasteiger partial charge < -0.3 is 14.4 Å². The first-order valence-electron chi connectivity index (χ1n) is 5.75. The summed E-state index contributed by atoms with van der Waals surface area (Å²) in [5.41, 5.74) is 0.846. The largest absolute Gasteiger partial charge is 0.481 e. The van der Waals surface area contributed by atoms with Gasteiger partial charge in [-0.3, -0.25) is 4.72 Å². The Morgan fingerprint density at radius 1 is 1.45 bits per heavy atom. The maximum Gasteiger partial charge on any atom is 0.263 e. The molecule has 0 aliphatic carbocycles. The van der Waals surface area contributed by atoms with Gasteiger partial charge >= 0.3 is 0 Å². The number of pyridine rings is 1. The number of hydrogen-bond acceptors (Lipinski definition) is 5. The number of aromatic nitrogens is 2. The van der Waals surface area contributed by atoms with Gasteiger partial charge in [-0.1, -0.05) is 0 Å². The van der Waals surface area contributed by atoms with E-state index in [-0.39, 0.29) is 11.5 Å². The van der Waals surface area contributed by atoms with Crippen LogP contribution in [0.4, 0.5) is 5.69 Å². The zero-order chi connectivity index (χ0) is 14.8. The Morgan fingerprint density at radius 2 is 2.20 bits per heavy atom. The van der Waals surface area contributed by atoms with Gasteiger partial charge in [-0.25, -0.2) is 13.4 Å². The lowest BCUT2D eigenvalue weighted by Crippen LogP contribution is -2.12. The molecule has 2 heterocycles. The van der Waals surface area contributed by atoms with Crippen LogP contribution in [0.15, 0.2) is 35.5 Å². The van der Waals surface area contributed by atoms with E-state index in [1.54, 1.807) is 23.7 Å². The molecule has 0 aliphatic heterocycles. The Kier molecular flexibility index (Phi) is 3.96. The monoisotopic (exact) mass is 297 g/mol. The van der Waals surface area contributed by atoms with Crippen LogP contribution in [0.1, 0.15) is 5.69 Å². The summed E-state index contributed by atoms with van der Waals surface area (Å²) in [5.74, 6) is 0.398. The van der Waals surface area contributed by atoms with Crippen LogP contribution < -0.4 is 9.46 Å². The van der Waals surface area contributed by atoms with Crippen molar-refractivity contribution in [2.45, 2.75) is 11.5 Å². The molecule has 0 fully saturated rings. The van der Waals surface area contributed by atoms with Crippen LogP contribution in [0, 0.1) is 0 Å². The highest BCUT2D eigenvalue weighted by Gasteiger charge is 2.17. The van der Waals surface area contributed by atoms with Crippen LogP contribution in [0.2, 0.25) is 0 Å². The molecule has 0 saturated carbocycles. The van der Waals surface area contributed by atoms with Crippen LogP contribution in [-0.2, 0) is 23.7 Å². The predicted molar refractivity (Wildman–Crippen MR) is 72.9 cm³/mol. The second-order valence-corrected chi connectivity index (χ2v) is 5.81. The minimum absolute atomic E-state index is 0.0832. The molecule has 2 N–H and O–H groups in total. The summed E-state index contributed by atoms with van der Waals surface area (Å²) in [5, 5.41) is 9.08. The Hall–Kier alpha value is -2.06. The Labute approximate surface area is 116 Å². The fourth-order valence-corrected chi connectivity index (χ4v) is 2.79. The highest BCUT2D eigenvalue weighted by atomic mass is 32.2. The maximum atomic E-state index is 12.2. The molecule has 0 unspecified atom stereocenters. The molecule has 0 atom stereocenters. The molecule has 0 saturated heterocycles. The molecule has 7 nitrogen and oxygen atoms in total. The van der Waals surface area contributed by atoms with E-state index < -0.39 is 10.0 Å². The van der Waals surface area contributed by atoms with Crippen molar-refractivity contribution in [1.82, 2.24) is 9.55 Å². The Bertz CT molecular complexity index is 692. The molecule has 108 valence electrons. The maximum absolute atomic E-state index is 12.2. The van der Waals surface area contributed by atoms with Crippen molar-refractivity contribution >= 4 is 15.7 Å². The van der Waals surface area contributed by atoms with Gasteiger partial charge in [0.1, 0.15) is 4.90 Å². The van der Waals surface area contributed by atoms with Crippen molar-refractivity contribution in [3.63, 3.8) is 0 Å². The molecule has 0 spiro atoms. The number of aliphatic hydroxyl groups is 1. The summed E-state index contributed by atoms with van der Waals surface area (Å²) in [6, 6.07) is 4.53. The van der Waals surface area contributed by atoms with Gasteiger partial charge in [0, 0.05) is 25.0 Å². The van der Waals surface area contributed by atoms with Crippen LogP contribution in [0.5, 0.6) is 5.88 Å². The number of aryl methyl sites for hydroxylation is 1. The van der Waals surface area contributed by atoms with E-state index in [9.17, 15) is 8.42 Å². The van der Waals surface area contributed by atoms with Gasteiger partial charge in [0.25, 0.3) is 10.0 Å². The molecule has 20 heavy (non-hydrogen) atoms. The minimum Gasteiger partial charge on any atom is -0.481 e. The molecule has 0 radical (unpaired) electrons. The highest BCUT2D eigenvalue weighted by molar-refractivity contribution is 7.92. The van der Waals surface area contributed by atoms with Gasteiger partial charge in [-0.15, -0.1) is 0 Å². The van der Waals surface area contributed by atoms with Gasteiger partial charge in [0.05, 0.1) is 25.6 Å². The topological polar surface area (TPSA) is 93.5 Å². The van der Waals surface area contributed by atoms with E-state index in [2.05, 4.69) is 9.71 Å². The lowest BCUT2D eigenvalue weighted by Gasteiger charge is -2.06. The molecule has 0 amide bonds. The van der Waals surface area contributed by atoms with Crippen molar-refractivity contribution in [2.75, 3.05) is 11.8 Å². The van der Waals surface area contributed by atoms with Gasteiger partial charge in [0.15, 0.2) is 0 Å². The zero-order valence-electron chi connectivity index (χ0n) is 11.1. The number of ether oxygens (including phenoxy) is 1. The normalized spacial score (nSPS) is 11.3. The molecular formula is C12H15N3O4S. The number of hydrogen-bond donors (Lipinski definition) is 2. The number of methoxy groups -OCH3 is 1. The fraction of sp³-hybridized carbons (Fsp3) is 0.250. The number of aliphatic hydroxyl groups excluding tert-OH is 1. The molecule has 8 heteroatoms. The van der Waals surface area contributed by atoms with Crippen LogP contribution >= 0.6 is 0 Å². The number of rotatable bonds is 5. The second kappa shape index (κ2) is 5.51. The number of nitrogens with one attached hydrogen (secondary N) is 1. The zero-order valence-corrected chi connectivity index (χ0v) is 11.9. The average Bonchev–Trinajstić information content (AvgIpc) is 2.81.